The number of pyridine rings is 1. The molecule has 3 heterocycles. The Kier molecular flexibility index (Phi) is 3.31. The molecule has 0 fully saturated rings. The quantitative estimate of drug-likeness (QED) is 0.903. The second-order valence-electron chi connectivity index (χ2n) is 4.90. The van der Waals surface area contributed by atoms with E-state index in [9.17, 15) is 4.79 Å². The second kappa shape index (κ2) is 5.14. The molecule has 106 valence electrons. The molecular weight excluding hydrogens is 286 g/mol. The minimum atomic E-state index is -0.478. The number of fused-ring (bicyclic) bond motifs is 1. The fourth-order valence-corrected chi connectivity index (χ4v) is 3.42. The van der Waals surface area contributed by atoms with Crippen molar-refractivity contribution in [3.05, 3.63) is 39.0 Å². The lowest BCUT2D eigenvalue weighted by atomic mass is 10.1. The molecular formula is C14H13N5OS. The molecule has 6 nitrogen and oxygen atoms in total. The smallest absolute Gasteiger partial charge is 0.277 e. The van der Waals surface area contributed by atoms with Crippen LogP contribution in [0.4, 0.5) is 5.82 Å². The Morgan fingerprint density at radius 2 is 2.38 bits per heavy atom. The molecule has 2 aromatic rings. The van der Waals surface area contributed by atoms with Crippen molar-refractivity contribution in [2.75, 3.05) is 11.4 Å². The molecule has 7 heteroatoms. The van der Waals surface area contributed by atoms with Crippen LogP contribution in [0.1, 0.15) is 31.5 Å². The molecule has 0 saturated carbocycles. The zero-order valence-corrected chi connectivity index (χ0v) is 12.3. The number of hydrogen-bond donors (Lipinski definition) is 1. The molecule has 0 spiro atoms. The molecule has 2 aromatic heterocycles. The topological polar surface area (TPSA) is 95.9 Å². The molecule has 0 aliphatic carbocycles. The molecule has 1 aliphatic rings. The number of anilines is 1. The third-order valence-corrected chi connectivity index (χ3v) is 4.52. The molecule has 0 atom stereocenters. The van der Waals surface area contributed by atoms with Gasteiger partial charge in [0.15, 0.2) is 5.01 Å². The predicted molar refractivity (Wildman–Crippen MR) is 79.1 cm³/mol. The van der Waals surface area contributed by atoms with Crippen molar-refractivity contribution in [1.29, 1.82) is 5.26 Å². The highest BCUT2D eigenvalue weighted by Gasteiger charge is 2.23. The lowest BCUT2D eigenvalue weighted by Gasteiger charge is -2.28. The maximum Gasteiger partial charge on any atom is 0.277 e. The van der Waals surface area contributed by atoms with Crippen LogP contribution in [0.25, 0.3) is 0 Å². The van der Waals surface area contributed by atoms with Crippen molar-refractivity contribution in [2.24, 2.45) is 5.73 Å². The molecule has 0 aromatic carbocycles. The van der Waals surface area contributed by atoms with Crippen molar-refractivity contribution in [3.63, 3.8) is 0 Å². The molecule has 0 radical (unpaired) electrons. The Balaban J connectivity index is 1.89. The summed E-state index contributed by atoms with van der Waals surface area (Å²) < 4.78 is 0. The van der Waals surface area contributed by atoms with Gasteiger partial charge in [-0.05, 0) is 18.6 Å². The van der Waals surface area contributed by atoms with E-state index in [-0.39, 0.29) is 0 Å². The number of hydrogen-bond acceptors (Lipinski definition) is 6. The summed E-state index contributed by atoms with van der Waals surface area (Å²) in [5, 5.41) is 9.26. The molecule has 0 saturated heterocycles. The van der Waals surface area contributed by atoms with Gasteiger partial charge in [-0.25, -0.2) is 9.97 Å². The van der Waals surface area contributed by atoms with Crippen LogP contribution in [-0.2, 0) is 13.0 Å². The van der Waals surface area contributed by atoms with Crippen LogP contribution < -0.4 is 10.6 Å². The van der Waals surface area contributed by atoms with E-state index in [1.807, 2.05) is 13.0 Å². The van der Waals surface area contributed by atoms with Crippen LogP contribution in [0, 0.1) is 18.3 Å². The number of nitrogens with zero attached hydrogens (tertiary/aromatic N) is 4. The summed E-state index contributed by atoms with van der Waals surface area (Å²) >= 11 is 1.35. The first-order chi connectivity index (χ1) is 10.1. The summed E-state index contributed by atoms with van der Waals surface area (Å²) in [6.07, 6.45) is 2.35. The van der Waals surface area contributed by atoms with Gasteiger partial charge >= 0.3 is 0 Å². The van der Waals surface area contributed by atoms with Gasteiger partial charge in [0.25, 0.3) is 5.91 Å². The molecule has 0 bridgehead atoms. The lowest BCUT2D eigenvalue weighted by molar-refractivity contribution is 0.1000. The number of primary amides is 1. The summed E-state index contributed by atoms with van der Waals surface area (Å²) in [6, 6.07) is 3.92. The summed E-state index contributed by atoms with van der Waals surface area (Å²) in [7, 11) is 0. The highest BCUT2D eigenvalue weighted by Crippen LogP contribution is 2.29. The summed E-state index contributed by atoms with van der Waals surface area (Å²) in [5.74, 6) is 0.391. The number of nitrogens with two attached hydrogens (primary N) is 1. The van der Waals surface area contributed by atoms with Crippen molar-refractivity contribution in [2.45, 2.75) is 19.9 Å². The van der Waals surface area contributed by atoms with Crippen LogP contribution in [0.2, 0.25) is 0 Å². The summed E-state index contributed by atoms with van der Waals surface area (Å²) in [5.41, 5.74) is 7.76. The van der Waals surface area contributed by atoms with Crippen LogP contribution in [0.5, 0.6) is 0 Å². The van der Waals surface area contributed by atoms with E-state index < -0.39 is 5.91 Å². The van der Waals surface area contributed by atoms with Gasteiger partial charge in [-0.15, -0.1) is 11.3 Å². The molecule has 0 unspecified atom stereocenters. The lowest BCUT2D eigenvalue weighted by Crippen LogP contribution is -2.31. The van der Waals surface area contributed by atoms with Crippen molar-refractivity contribution in [3.8, 4) is 6.07 Å². The van der Waals surface area contributed by atoms with Gasteiger partial charge in [0.1, 0.15) is 11.9 Å². The molecule has 21 heavy (non-hydrogen) atoms. The predicted octanol–water partition coefficient (Wildman–Crippen LogP) is 1.38. The van der Waals surface area contributed by atoms with Gasteiger partial charge < -0.3 is 10.6 Å². The fourth-order valence-electron chi connectivity index (χ4n) is 2.44. The van der Waals surface area contributed by atoms with Gasteiger partial charge in [0, 0.05) is 24.0 Å². The van der Waals surface area contributed by atoms with Crippen molar-refractivity contribution in [1.82, 2.24) is 9.97 Å². The Labute approximate surface area is 125 Å². The average Bonchev–Trinajstić information content (AvgIpc) is 2.90. The van der Waals surface area contributed by atoms with Gasteiger partial charge in [0.2, 0.25) is 0 Å². The highest BCUT2D eigenvalue weighted by molar-refractivity contribution is 7.13. The summed E-state index contributed by atoms with van der Waals surface area (Å²) in [4.78, 5) is 23.1. The van der Waals surface area contributed by atoms with E-state index in [0.717, 1.165) is 34.9 Å². The van der Waals surface area contributed by atoms with E-state index in [1.54, 1.807) is 6.20 Å². The summed E-state index contributed by atoms with van der Waals surface area (Å²) in [6.45, 7) is 3.40. The van der Waals surface area contributed by atoms with Crippen LogP contribution in [0.15, 0.2) is 12.3 Å². The number of aryl methyl sites for hydroxylation is 1. The largest absolute Gasteiger partial charge is 0.364 e. The number of nitriles is 1. The van der Waals surface area contributed by atoms with Gasteiger partial charge in [-0.1, -0.05) is 0 Å². The number of amides is 1. The van der Waals surface area contributed by atoms with E-state index in [4.69, 9.17) is 11.0 Å². The zero-order chi connectivity index (χ0) is 15.0. The zero-order valence-electron chi connectivity index (χ0n) is 11.5. The van der Waals surface area contributed by atoms with Gasteiger partial charge in [0.05, 0.1) is 17.8 Å². The van der Waals surface area contributed by atoms with Crippen LogP contribution in [0.3, 0.4) is 0 Å². The number of rotatable bonds is 2. The third-order valence-electron chi connectivity index (χ3n) is 3.42. The van der Waals surface area contributed by atoms with E-state index in [2.05, 4.69) is 20.9 Å². The Hall–Kier alpha value is -2.46. The van der Waals surface area contributed by atoms with E-state index in [1.165, 1.54) is 11.3 Å². The molecule has 3 rings (SSSR count). The molecule has 2 N–H and O–H groups in total. The number of carbonyl (C=O) groups excluding carboxylic acids is 1. The third kappa shape index (κ3) is 2.45. The van der Waals surface area contributed by atoms with Gasteiger partial charge in [-0.2, -0.15) is 5.26 Å². The highest BCUT2D eigenvalue weighted by atomic mass is 32.1. The van der Waals surface area contributed by atoms with Crippen molar-refractivity contribution >= 4 is 23.1 Å². The maximum absolute atomic E-state index is 11.2. The van der Waals surface area contributed by atoms with Crippen LogP contribution in [-0.4, -0.2) is 22.4 Å². The number of thiazole rings is 1. The maximum atomic E-state index is 11.2. The average molecular weight is 299 g/mol. The Morgan fingerprint density at radius 1 is 1.57 bits per heavy atom. The Morgan fingerprint density at radius 3 is 3.05 bits per heavy atom. The van der Waals surface area contributed by atoms with Crippen molar-refractivity contribution < 1.29 is 4.79 Å². The fraction of sp³-hybridized carbons (Fsp3) is 0.286. The number of carbonyl (C=O) groups is 1. The minimum absolute atomic E-state index is 0.367. The first-order valence-electron chi connectivity index (χ1n) is 6.48. The minimum Gasteiger partial charge on any atom is -0.364 e. The second-order valence-corrected chi connectivity index (χ2v) is 5.98. The first kappa shape index (κ1) is 13.5. The van der Waals surface area contributed by atoms with Gasteiger partial charge in [-0.3, -0.25) is 4.79 Å². The standard InChI is InChI=1S/C14H13N5OS/c1-8-4-9(5-15)6-17-13(8)19-3-2-10-11(7-19)21-14(18-10)12(16)20/h4,6H,2-3,7H2,1H3,(H2,16,20). The normalized spacial score (nSPS) is 13.6. The SMILES string of the molecule is Cc1cc(C#N)cnc1N1CCc2nc(C(N)=O)sc2C1. The van der Waals surface area contributed by atoms with E-state index >= 15 is 0 Å². The van der Waals surface area contributed by atoms with Crippen LogP contribution >= 0.6 is 11.3 Å². The first-order valence-corrected chi connectivity index (χ1v) is 7.30. The molecule has 1 aliphatic heterocycles. The Bertz CT molecular complexity index is 761. The molecule has 1 amide bonds. The monoisotopic (exact) mass is 299 g/mol. The number of aromatic nitrogens is 2. The van der Waals surface area contributed by atoms with E-state index in [0.29, 0.717) is 17.1 Å².